The van der Waals surface area contributed by atoms with Gasteiger partial charge < -0.3 is 4.90 Å². The lowest BCUT2D eigenvalue weighted by Crippen LogP contribution is -2.46. The summed E-state index contributed by atoms with van der Waals surface area (Å²) in [5.74, 6) is 3.33. The van der Waals surface area contributed by atoms with Crippen LogP contribution in [0, 0.1) is 0 Å². The maximum absolute atomic E-state index is 5.03. The number of nitrogens with zero attached hydrogens (tertiary/aromatic N) is 8. The molecule has 4 aromatic rings. The van der Waals surface area contributed by atoms with Gasteiger partial charge in [0.2, 0.25) is 5.95 Å². The first-order valence-electron chi connectivity index (χ1n) is 10.1. The summed E-state index contributed by atoms with van der Waals surface area (Å²) in [7, 11) is 0. The molecule has 0 bridgehead atoms. The molecule has 0 spiro atoms. The molecule has 2 aliphatic heterocycles. The minimum absolute atomic E-state index is 0.156. The van der Waals surface area contributed by atoms with Crippen molar-refractivity contribution in [2.75, 3.05) is 11.4 Å². The summed E-state index contributed by atoms with van der Waals surface area (Å²) in [4.78, 5) is 16.7. The van der Waals surface area contributed by atoms with Gasteiger partial charge in [0, 0.05) is 29.0 Å². The number of hydrogen-bond acceptors (Lipinski definition) is 6. The number of hydrogen-bond donors (Lipinski definition) is 0. The number of benzene rings is 1. The second kappa shape index (κ2) is 6.46. The zero-order valence-electron chi connectivity index (χ0n) is 16.4. The standard InChI is InChI=1S/C21H19BrN8/c1-2-21-7-4-9-30(21)18-16(29-13-25-27-19(21)29)12-24-20(26-18)28-10-8-23-17(28)14-5-3-6-15(22)11-14/h3,5-6,8,10-13H,2,4,7,9H2,1H3. The van der Waals surface area contributed by atoms with Gasteiger partial charge in [-0.1, -0.05) is 35.0 Å². The van der Waals surface area contributed by atoms with Crippen molar-refractivity contribution in [1.29, 1.82) is 0 Å². The Bertz CT molecular complexity index is 1260. The van der Waals surface area contributed by atoms with Crippen molar-refractivity contribution in [2.45, 2.75) is 31.7 Å². The maximum Gasteiger partial charge on any atom is 0.237 e. The molecule has 0 amide bonds. The number of aromatic nitrogens is 7. The van der Waals surface area contributed by atoms with Crippen LogP contribution in [0.4, 0.5) is 5.82 Å². The Morgan fingerprint density at radius 1 is 1.20 bits per heavy atom. The van der Waals surface area contributed by atoms with Gasteiger partial charge in [0.25, 0.3) is 0 Å². The van der Waals surface area contributed by atoms with Gasteiger partial charge in [-0.2, -0.15) is 4.98 Å². The van der Waals surface area contributed by atoms with E-state index in [-0.39, 0.29) is 5.54 Å². The Kier molecular flexibility index (Phi) is 3.83. The van der Waals surface area contributed by atoms with Gasteiger partial charge in [0.05, 0.1) is 6.20 Å². The van der Waals surface area contributed by atoms with E-state index < -0.39 is 0 Å². The molecule has 30 heavy (non-hydrogen) atoms. The van der Waals surface area contributed by atoms with Crippen LogP contribution in [0.3, 0.4) is 0 Å². The van der Waals surface area contributed by atoms with Crippen LogP contribution in [0.1, 0.15) is 32.0 Å². The normalized spacial score (nSPS) is 19.5. The molecule has 9 heteroatoms. The number of halogens is 1. The fraction of sp³-hybridized carbons (Fsp3) is 0.286. The van der Waals surface area contributed by atoms with Crippen molar-refractivity contribution in [1.82, 2.24) is 34.3 Å². The maximum atomic E-state index is 5.03. The third-order valence-electron chi connectivity index (χ3n) is 6.23. The van der Waals surface area contributed by atoms with Gasteiger partial charge in [0.15, 0.2) is 11.6 Å². The molecular weight excluding hydrogens is 444 g/mol. The average molecular weight is 463 g/mol. The highest BCUT2D eigenvalue weighted by Crippen LogP contribution is 2.48. The Balaban J connectivity index is 1.53. The van der Waals surface area contributed by atoms with Gasteiger partial charge in [0.1, 0.15) is 23.4 Å². The second-order valence-electron chi connectivity index (χ2n) is 7.67. The highest BCUT2D eigenvalue weighted by Gasteiger charge is 2.49. The molecule has 1 unspecified atom stereocenters. The number of imidazole rings is 1. The number of rotatable bonds is 3. The highest BCUT2D eigenvalue weighted by atomic mass is 79.9. The smallest absolute Gasteiger partial charge is 0.237 e. The molecule has 5 heterocycles. The first-order chi connectivity index (χ1) is 14.7. The molecule has 150 valence electrons. The molecule has 8 nitrogen and oxygen atoms in total. The fourth-order valence-corrected chi connectivity index (χ4v) is 5.22. The largest absolute Gasteiger partial charge is 0.342 e. The zero-order chi connectivity index (χ0) is 20.3. The third kappa shape index (κ3) is 2.35. The van der Waals surface area contributed by atoms with E-state index in [2.05, 4.69) is 47.9 Å². The quantitative estimate of drug-likeness (QED) is 0.459. The van der Waals surface area contributed by atoms with Crippen LogP contribution in [-0.2, 0) is 5.54 Å². The predicted molar refractivity (Wildman–Crippen MR) is 116 cm³/mol. The molecule has 0 N–H and O–H groups in total. The molecule has 0 aliphatic carbocycles. The van der Waals surface area contributed by atoms with Crippen molar-refractivity contribution in [3.63, 3.8) is 0 Å². The van der Waals surface area contributed by atoms with Crippen LogP contribution >= 0.6 is 15.9 Å². The van der Waals surface area contributed by atoms with Crippen molar-refractivity contribution >= 4 is 21.7 Å². The van der Waals surface area contributed by atoms with Crippen molar-refractivity contribution < 1.29 is 0 Å². The van der Waals surface area contributed by atoms with Crippen molar-refractivity contribution in [3.8, 4) is 23.0 Å². The van der Waals surface area contributed by atoms with Crippen LogP contribution in [0.25, 0.3) is 23.0 Å². The number of anilines is 1. The van der Waals surface area contributed by atoms with Crippen molar-refractivity contribution in [3.05, 3.63) is 59.5 Å². The van der Waals surface area contributed by atoms with E-state index in [1.54, 1.807) is 12.5 Å². The average Bonchev–Trinajstić information content (AvgIpc) is 3.52. The first kappa shape index (κ1) is 17.8. The van der Waals surface area contributed by atoms with Gasteiger partial charge in [-0.25, -0.2) is 9.97 Å². The molecule has 1 atom stereocenters. The van der Waals surface area contributed by atoms with Crippen LogP contribution < -0.4 is 4.90 Å². The highest BCUT2D eigenvalue weighted by molar-refractivity contribution is 9.10. The second-order valence-corrected chi connectivity index (χ2v) is 8.59. The minimum atomic E-state index is -0.156. The molecule has 1 aromatic carbocycles. The van der Waals surface area contributed by atoms with Gasteiger partial charge >= 0.3 is 0 Å². The lowest BCUT2D eigenvalue weighted by Gasteiger charge is -2.42. The molecule has 1 fully saturated rings. The Morgan fingerprint density at radius 2 is 2.13 bits per heavy atom. The summed E-state index contributed by atoms with van der Waals surface area (Å²) in [6.07, 6.45) is 10.4. The van der Waals surface area contributed by atoms with Crippen LogP contribution in [-0.4, -0.2) is 40.8 Å². The van der Waals surface area contributed by atoms with E-state index in [0.717, 1.165) is 59.0 Å². The summed E-state index contributed by atoms with van der Waals surface area (Å²) in [5, 5.41) is 8.67. The van der Waals surface area contributed by atoms with Crippen LogP contribution in [0.2, 0.25) is 0 Å². The van der Waals surface area contributed by atoms with Gasteiger partial charge in [-0.05, 0) is 31.4 Å². The first-order valence-corrected chi connectivity index (χ1v) is 10.9. The summed E-state index contributed by atoms with van der Waals surface area (Å²) in [6.45, 7) is 3.16. The van der Waals surface area contributed by atoms with Crippen LogP contribution in [0.15, 0.2) is 53.7 Å². The molecule has 0 saturated carbocycles. The molecule has 1 saturated heterocycles. The number of fused-ring (bicyclic) bond motifs is 6. The summed E-state index contributed by atoms with van der Waals surface area (Å²) >= 11 is 3.54. The third-order valence-corrected chi connectivity index (χ3v) is 6.72. The minimum Gasteiger partial charge on any atom is -0.342 e. The fourth-order valence-electron chi connectivity index (χ4n) is 4.82. The van der Waals surface area contributed by atoms with E-state index >= 15 is 0 Å². The van der Waals surface area contributed by atoms with E-state index in [1.807, 2.05) is 45.8 Å². The molecule has 3 aromatic heterocycles. The molecular formula is C21H19BrN8. The Morgan fingerprint density at radius 3 is 3.00 bits per heavy atom. The Hall–Kier alpha value is -3.07. The van der Waals surface area contributed by atoms with E-state index in [9.17, 15) is 0 Å². The lowest BCUT2D eigenvalue weighted by molar-refractivity contribution is 0.382. The molecule has 0 radical (unpaired) electrons. The van der Waals surface area contributed by atoms with Gasteiger partial charge in [-0.3, -0.25) is 9.13 Å². The summed E-state index contributed by atoms with van der Waals surface area (Å²) in [6, 6.07) is 8.08. The summed E-state index contributed by atoms with van der Waals surface area (Å²) in [5.41, 5.74) is 1.77. The lowest BCUT2D eigenvalue weighted by atomic mass is 9.90. The zero-order valence-corrected chi connectivity index (χ0v) is 18.0. The van der Waals surface area contributed by atoms with E-state index in [1.165, 1.54) is 0 Å². The predicted octanol–water partition coefficient (Wildman–Crippen LogP) is 3.89. The molecule has 6 rings (SSSR count). The van der Waals surface area contributed by atoms with E-state index in [4.69, 9.17) is 4.98 Å². The summed E-state index contributed by atoms with van der Waals surface area (Å²) < 4.78 is 4.99. The molecule has 2 aliphatic rings. The van der Waals surface area contributed by atoms with Crippen molar-refractivity contribution in [2.24, 2.45) is 0 Å². The van der Waals surface area contributed by atoms with Crippen LogP contribution in [0.5, 0.6) is 0 Å². The SMILES string of the molecule is CCC12CCCN1c1nc(-n3ccnc3-c3cccc(Br)c3)ncc1-n1cnnc12. The van der Waals surface area contributed by atoms with Gasteiger partial charge in [-0.15, -0.1) is 10.2 Å². The van der Waals surface area contributed by atoms with E-state index in [0.29, 0.717) is 5.95 Å². The topological polar surface area (TPSA) is 77.5 Å². The monoisotopic (exact) mass is 462 g/mol. The Labute approximate surface area is 181 Å².